The fraction of sp³-hybridized carbons (Fsp3) is 0.417. The molecule has 0 spiro atoms. The number of carboxylic acid groups (broad SMARTS) is 1. The number of likely N-dealkylation sites (N-methyl/N-ethyl adjacent to an activating group) is 1. The van der Waals surface area contributed by atoms with Crippen LogP contribution in [0.4, 0.5) is 0 Å². The SMILES string of the molecule is CN[C@@H](C(=O)O)c1ccc(C(C)C)cc1. The van der Waals surface area contributed by atoms with Gasteiger partial charge in [0.15, 0.2) is 0 Å². The van der Waals surface area contributed by atoms with E-state index in [0.29, 0.717) is 5.92 Å². The fourth-order valence-corrected chi connectivity index (χ4v) is 1.51. The summed E-state index contributed by atoms with van der Waals surface area (Å²) in [6.07, 6.45) is 0. The zero-order valence-corrected chi connectivity index (χ0v) is 9.32. The van der Waals surface area contributed by atoms with Gasteiger partial charge in [0.25, 0.3) is 0 Å². The lowest BCUT2D eigenvalue weighted by Crippen LogP contribution is -2.24. The molecule has 0 aliphatic heterocycles. The molecule has 0 unspecified atom stereocenters. The maximum absolute atomic E-state index is 10.9. The first-order valence-electron chi connectivity index (χ1n) is 5.06. The van der Waals surface area contributed by atoms with E-state index in [0.717, 1.165) is 5.56 Å². The normalized spacial score (nSPS) is 12.8. The summed E-state index contributed by atoms with van der Waals surface area (Å²) in [6.45, 7) is 4.23. The van der Waals surface area contributed by atoms with Crippen molar-refractivity contribution < 1.29 is 9.90 Å². The molecule has 1 rings (SSSR count). The fourth-order valence-electron chi connectivity index (χ4n) is 1.51. The Bertz CT molecular complexity index is 330. The van der Waals surface area contributed by atoms with Crippen LogP contribution in [0.25, 0.3) is 0 Å². The van der Waals surface area contributed by atoms with E-state index in [9.17, 15) is 4.79 Å². The summed E-state index contributed by atoms with van der Waals surface area (Å²) in [5, 5.41) is 11.7. The third kappa shape index (κ3) is 2.80. The van der Waals surface area contributed by atoms with Crippen LogP contribution in [0.1, 0.15) is 36.9 Å². The molecule has 0 bridgehead atoms. The number of carboxylic acids is 1. The number of carbonyl (C=O) groups is 1. The van der Waals surface area contributed by atoms with Gasteiger partial charge in [-0.05, 0) is 24.1 Å². The van der Waals surface area contributed by atoms with E-state index in [4.69, 9.17) is 5.11 Å². The largest absolute Gasteiger partial charge is 0.480 e. The van der Waals surface area contributed by atoms with Gasteiger partial charge in [-0.3, -0.25) is 4.79 Å². The number of aliphatic carboxylic acids is 1. The van der Waals surface area contributed by atoms with E-state index in [1.54, 1.807) is 7.05 Å². The second-order valence-corrected chi connectivity index (χ2v) is 3.88. The van der Waals surface area contributed by atoms with Crippen molar-refractivity contribution in [2.75, 3.05) is 7.05 Å². The van der Waals surface area contributed by atoms with E-state index in [1.165, 1.54) is 5.56 Å². The molecular formula is C12H17NO2. The number of hydrogen-bond acceptors (Lipinski definition) is 2. The summed E-state index contributed by atoms with van der Waals surface area (Å²) in [5.74, 6) is -0.383. The predicted octanol–water partition coefficient (Wildman–Crippen LogP) is 2.16. The third-order valence-electron chi connectivity index (χ3n) is 2.47. The Morgan fingerprint density at radius 2 is 1.67 bits per heavy atom. The molecule has 0 saturated carbocycles. The Balaban J connectivity index is 2.92. The lowest BCUT2D eigenvalue weighted by atomic mass is 9.99. The first kappa shape index (κ1) is 11.7. The summed E-state index contributed by atoms with van der Waals surface area (Å²) in [7, 11) is 1.65. The topological polar surface area (TPSA) is 49.3 Å². The van der Waals surface area contributed by atoms with Crippen LogP contribution in [-0.2, 0) is 4.79 Å². The van der Waals surface area contributed by atoms with Gasteiger partial charge in [-0.15, -0.1) is 0 Å². The van der Waals surface area contributed by atoms with Crippen molar-refractivity contribution in [1.29, 1.82) is 0 Å². The lowest BCUT2D eigenvalue weighted by Gasteiger charge is -2.12. The Kier molecular flexibility index (Phi) is 3.86. The van der Waals surface area contributed by atoms with Crippen LogP contribution >= 0.6 is 0 Å². The van der Waals surface area contributed by atoms with Crippen molar-refractivity contribution in [2.45, 2.75) is 25.8 Å². The molecule has 0 radical (unpaired) electrons. The molecule has 0 heterocycles. The molecule has 3 nitrogen and oxygen atoms in total. The molecule has 1 aromatic carbocycles. The molecule has 0 amide bonds. The van der Waals surface area contributed by atoms with Gasteiger partial charge in [0.05, 0.1) is 0 Å². The van der Waals surface area contributed by atoms with Crippen molar-refractivity contribution in [3.63, 3.8) is 0 Å². The number of benzene rings is 1. The van der Waals surface area contributed by atoms with Gasteiger partial charge < -0.3 is 10.4 Å². The third-order valence-corrected chi connectivity index (χ3v) is 2.47. The van der Waals surface area contributed by atoms with Gasteiger partial charge >= 0.3 is 5.97 Å². The minimum atomic E-state index is -0.852. The minimum absolute atomic E-state index is 0.469. The van der Waals surface area contributed by atoms with Crippen molar-refractivity contribution in [3.8, 4) is 0 Å². The summed E-state index contributed by atoms with van der Waals surface area (Å²) >= 11 is 0. The van der Waals surface area contributed by atoms with E-state index in [-0.39, 0.29) is 0 Å². The van der Waals surface area contributed by atoms with Crippen LogP contribution in [0.3, 0.4) is 0 Å². The summed E-state index contributed by atoms with van der Waals surface area (Å²) in [4.78, 5) is 10.9. The lowest BCUT2D eigenvalue weighted by molar-refractivity contribution is -0.139. The average molecular weight is 207 g/mol. The highest BCUT2D eigenvalue weighted by molar-refractivity contribution is 5.75. The zero-order valence-electron chi connectivity index (χ0n) is 9.32. The van der Waals surface area contributed by atoms with Gasteiger partial charge in [-0.25, -0.2) is 0 Å². The van der Waals surface area contributed by atoms with Gasteiger partial charge in [-0.2, -0.15) is 0 Å². The molecule has 1 aromatic rings. The zero-order chi connectivity index (χ0) is 11.4. The number of nitrogens with one attached hydrogen (secondary N) is 1. The smallest absolute Gasteiger partial charge is 0.325 e. The highest BCUT2D eigenvalue weighted by atomic mass is 16.4. The van der Waals surface area contributed by atoms with Crippen LogP contribution in [0.2, 0.25) is 0 Å². The summed E-state index contributed by atoms with van der Waals surface area (Å²) in [6, 6.07) is 7.07. The Morgan fingerprint density at radius 3 is 2.00 bits per heavy atom. The Morgan fingerprint density at radius 1 is 1.20 bits per heavy atom. The van der Waals surface area contributed by atoms with Gasteiger partial charge in [-0.1, -0.05) is 38.1 Å². The molecule has 0 fully saturated rings. The molecule has 2 N–H and O–H groups in total. The number of rotatable bonds is 4. The monoisotopic (exact) mass is 207 g/mol. The van der Waals surface area contributed by atoms with Crippen LogP contribution in [0.5, 0.6) is 0 Å². The maximum Gasteiger partial charge on any atom is 0.325 e. The van der Waals surface area contributed by atoms with Gasteiger partial charge in [0.2, 0.25) is 0 Å². The second-order valence-electron chi connectivity index (χ2n) is 3.88. The molecule has 82 valence electrons. The van der Waals surface area contributed by atoms with Crippen LogP contribution in [0, 0.1) is 0 Å². The first-order valence-corrected chi connectivity index (χ1v) is 5.06. The second kappa shape index (κ2) is 4.94. The minimum Gasteiger partial charge on any atom is -0.480 e. The molecular weight excluding hydrogens is 190 g/mol. The summed E-state index contributed by atoms with van der Waals surface area (Å²) in [5.41, 5.74) is 2.01. The Labute approximate surface area is 90.1 Å². The quantitative estimate of drug-likeness (QED) is 0.795. The highest BCUT2D eigenvalue weighted by Gasteiger charge is 2.16. The van der Waals surface area contributed by atoms with E-state index >= 15 is 0 Å². The molecule has 15 heavy (non-hydrogen) atoms. The molecule has 3 heteroatoms. The standard InChI is InChI=1S/C12H17NO2/c1-8(2)9-4-6-10(7-5-9)11(13-3)12(14)15/h4-8,11,13H,1-3H3,(H,14,15)/t11-/m1/s1. The van der Waals surface area contributed by atoms with E-state index in [2.05, 4.69) is 19.2 Å². The molecule has 0 aliphatic carbocycles. The van der Waals surface area contributed by atoms with Crippen molar-refractivity contribution in [1.82, 2.24) is 5.32 Å². The van der Waals surface area contributed by atoms with Crippen molar-refractivity contribution in [2.24, 2.45) is 0 Å². The molecule has 0 saturated heterocycles. The van der Waals surface area contributed by atoms with Crippen molar-refractivity contribution in [3.05, 3.63) is 35.4 Å². The van der Waals surface area contributed by atoms with Crippen molar-refractivity contribution >= 4 is 5.97 Å². The predicted molar refractivity (Wildman–Crippen MR) is 60.0 cm³/mol. The number of hydrogen-bond donors (Lipinski definition) is 2. The van der Waals surface area contributed by atoms with E-state index < -0.39 is 12.0 Å². The van der Waals surface area contributed by atoms with E-state index in [1.807, 2.05) is 24.3 Å². The van der Waals surface area contributed by atoms with Crippen LogP contribution in [0.15, 0.2) is 24.3 Å². The van der Waals surface area contributed by atoms with Crippen LogP contribution < -0.4 is 5.32 Å². The highest BCUT2D eigenvalue weighted by Crippen LogP contribution is 2.18. The average Bonchev–Trinajstić information content (AvgIpc) is 2.19. The van der Waals surface area contributed by atoms with Crippen LogP contribution in [-0.4, -0.2) is 18.1 Å². The molecule has 0 aromatic heterocycles. The summed E-state index contributed by atoms with van der Waals surface area (Å²) < 4.78 is 0. The molecule has 0 aliphatic rings. The Hall–Kier alpha value is -1.35. The first-order chi connectivity index (χ1) is 7.06. The van der Waals surface area contributed by atoms with Gasteiger partial charge in [0.1, 0.15) is 6.04 Å². The maximum atomic E-state index is 10.9. The molecule has 1 atom stereocenters. The van der Waals surface area contributed by atoms with Gasteiger partial charge in [0, 0.05) is 0 Å².